The number of carbonyl (C=O) groups is 1. The summed E-state index contributed by atoms with van der Waals surface area (Å²) in [4.78, 5) is 16.7. The van der Waals surface area contributed by atoms with E-state index in [1.54, 1.807) is 0 Å². The second-order valence-electron chi connectivity index (χ2n) is 6.93. The molecule has 1 aromatic heterocycles. The molecule has 1 aromatic carbocycles. The third-order valence-electron chi connectivity index (χ3n) is 5.38. The van der Waals surface area contributed by atoms with Crippen molar-refractivity contribution in [3.8, 4) is 0 Å². The topological polar surface area (TPSA) is 56.3 Å². The number of nitrogens with one attached hydrogen (secondary N) is 1. The van der Waals surface area contributed by atoms with Crippen molar-refractivity contribution in [2.75, 3.05) is 24.6 Å². The maximum Gasteiger partial charge on any atom is 0.313 e. The van der Waals surface area contributed by atoms with E-state index in [0.29, 0.717) is 12.0 Å². The van der Waals surface area contributed by atoms with E-state index in [1.165, 1.54) is 33.8 Å². The lowest BCUT2D eigenvalue weighted by Crippen LogP contribution is -2.42. The van der Waals surface area contributed by atoms with Crippen LogP contribution in [-0.2, 0) is 11.2 Å². The van der Waals surface area contributed by atoms with Crippen LogP contribution in [0.4, 0.5) is 0 Å². The summed E-state index contributed by atoms with van der Waals surface area (Å²) < 4.78 is 0. The Hall–Kier alpha value is -1.72. The van der Waals surface area contributed by atoms with Crippen molar-refractivity contribution in [3.63, 3.8) is 0 Å². The Labute approximate surface area is 159 Å². The van der Waals surface area contributed by atoms with Crippen LogP contribution in [0.5, 0.6) is 0 Å². The van der Waals surface area contributed by atoms with E-state index < -0.39 is 5.97 Å². The maximum absolute atomic E-state index is 10.7. The molecule has 2 N–H and O–H groups in total. The highest BCUT2D eigenvalue weighted by molar-refractivity contribution is 7.99. The van der Waals surface area contributed by atoms with Crippen molar-refractivity contribution < 1.29 is 9.90 Å². The van der Waals surface area contributed by atoms with E-state index >= 15 is 0 Å². The molecule has 0 amide bonds. The zero-order valence-corrected chi connectivity index (χ0v) is 16.2. The molecule has 0 unspecified atom stereocenters. The molecule has 0 saturated carbocycles. The molecule has 4 nitrogen and oxygen atoms in total. The lowest BCUT2D eigenvalue weighted by molar-refractivity contribution is -0.133. The van der Waals surface area contributed by atoms with Gasteiger partial charge in [0.25, 0.3) is 0 Å². The van der Waals surface area contributed by atoms with Crippen LogP contribution in [0.1, 0.15) is 36.8 Å². The van der Waals surface area contributed by atoms with Crippen LogP contribution in [0.15, 0.2) is 37.1 Å². The number of rotatable bonds is 10. The minimum atomic E-state index is -0.726. The van der Waals surface area contributed by atoms with Gasteiger partial charge in [0.05, 0.1) is 5.75 Å². The Morgan fingerprint density at radius 3 is 3.08 bits per heavy atom. The molecule has 2 aromatic rings. The first-order valence-electron chi connectivity index (χ1n) is 9.39. The number of carboxylic acids is 1. The van der Waals surface area contributed by atoms with Crippen molar-refractivity contribution in [2.24, 2.45) is 0 Å². The van der Waals surface area contributed by atoms with Gasteiger partial charge in [-0.3, -0.25) is 9.69 Å². The summed E-state index contributed by atoms with van der Waals surface area (Å²) in [6, 6.07) is 7.05. The smallest absolute Gasteiger partial charge is 0.313 e. The van der Waals surface area contributed by atoms with Gasteiger partial charge in [0.2, 0.25) is 0 Å². The number of aromatic amines is 1. The largest absolute Gasteiger partial charge is 0.481 e. The van der Waals surface area contributed by atoms with Crippen molar-refractivity contribution in [1.29, 1.82) is 0 Å². The zero-order chi connectivity index (χ0) is 18.5. The molecule has 0 spiro atoms. The van der Waals surface area contributed by atoms with Gasteiger partial charge in [-0.15, -0.1) is 6.58 Å². The zero-order valence-electron chi connectivity index (χ0n) is 15.4. The third-order valence-corrected chi connectivity index (χ3v) is 6.41. The number of hydrogen-bond donors (Lipinski definition) is 2. The first kappa shape index (κ1) is 19.1. The van der Waals surface area contributed by atoms with E-state index in [0.717, 1.165) is 38.1 Å². The Morgan fingerprint density at radius 2 is 2.35 bits per heavy atom. The number of likely N-dealkylation sites (N-methyl/N-ethyl adjacent to an activating group) is 1. The van der Waals surface area contributed by atoms with Crippen LogP contribution in [-0.4, -0.2) is 51.6 Å². The van der Waals surface area contributed by atoms with Crippen LogP contribution in [0.3, 0.4) is 0 Å². The summed E-state index contributed by atoms with van der Waals surface area (Å²) >= 11 is 1.52. The Kier molecular flexibility index (Phi) is 6.43. The first-order valence-corrected chi connectivity index (χ1v) is 10.5. The van der Waals surface area contributed by atoms with Gasteiger partial charge in [0.15, 0.2) is 0 Å². The second kappa shape index (κ2) is 8.78. The highest BCUT2D eigenvalue weighted by atomic mass is 32.2. The Bertz CT molecular complexity index is 770. The molecule has 140 valence electrons. The molecule has 0 saturated heterocycles. The lowest BCUT2D eigenvalue weighted by Gasteiger charge is -2.39. The molecule has 1 aliphatic carbocycles. The predicted molar refractivity (Wildman–Crippen MR) is 110 cm³/mol. The van der Waals surface area contributed by atoms with Crippen molar-refractivity contribution in [1.82, 2.24) is 9.88 Å². The molecule has 5 heteroatoms. The Balaban J connectivity index is 1.82. The van der Waals surface area contributed by atoms with Gasteiger partial charge >= 0.3 is 5.97 Å². The summed E-state index contributed by atoms with van der Waals surface area (Å²) in [5, 5.41) is 10.2. The molecular formula is C21H28N2O2S. The van der Waals surface area contributed by atoms with Crippen molar-refractivity contribution in [3.05, 3.63) is 48.2 Å². The van der Waals surface area contributed by atoms with Crippen LogP contribution >= 0.6 is 11.8 Å². The van der Waals surface area contributed by atoms with Crippen LogP contribution in [0, 0.1) is 0 Å². The van der Waals surface area contributed by atoms with Gasteiger partial charge in [0, 0.05) is 35.6 Å². The summed E-state index contributed by atoms with van der Waals surface area (Å²) in [7, 11) is 0. The molecule has 2 atom stereocenters. The van der Waals surface area contributed by atoms with E-state index in [1.807, 2.05) is 6.08 Å². The molecule has 0 aliphatic heterocycles. The van der Waals surface area contributed by atoms with Crippen LogP contribution < -0.4 is 0 Å². The van der Waals surface area contributed by atoms with E-state index in [-0.39, 0.29) is 5.75 Å². The quantitative estimate of drug-likeness (QED) is 0.483. The number of hydrogen-bond acceptors (Lipinski definition) is 3. The standard InChI is InChI=1S/C21H28N2O2S/c1-3-10-23(4-2)19-12-15-13-22-18-9-5-7-17(21(15)18)16(19)8-6-11-26-14-20(24)25/h3,5,7,9,13,16,19,22H,1,4,6,8,10-12,14H2,2H3,(H,24,25)/t16-,19-/m1/s1. The maximum atomic E-state index is 10.7. The fraction of sp³-hybridized carbons (Fsp3) is 0.476. The van der Waals surface area contributed by atoms with Crippen LogP contribution in [0.2, 0.25) is 0 Å². The van der Waals surface area contributed by atoms with Gasteiger partial charge in [-0.1, -0.05) is 25.1 Å². The van der Waals surface area contributed by atoms with Crippen molar-refractivity contribution in [2.45, 2.75) is 38.1 Å². The van der Waals surface area contributed by atoms with Gasteiger partial charge in [0.1, 0.15) is 0 Å². The summed E-state index contributed by atoms with van der Waals surface area (Å²) in [6.07, 6.45) is 7.36. The fourth-order valence-electron chi connectivity index (χ4n) is 4.29. The molecule has 26 heavy (non-hydrogen) atoms. The number of thioether (sulfide) groups is 1. The number of benzene rings is 1. The van der Waals surface area contributed by atoms with E-state index in [9.17, 15) is 4.79 Å². The van der Waals surface area contributed by atoms with Gasteiger partial charge in [-0.25, -0.2) is 0 Å². The lowest BCUT2D eigenvalue weighted by atomic mass is 9.77. The highest BCUT2D eigenvalue weighted by Crippen LogP contribution is 2.41. The predicted octanol–water partition coefficient (Wildman–Crippen LogP) is 4.28. The van der Waals surface area contributed by atoms with E-state index in [4.69, 9.17) is 5.11 Å². The minimum Gasteiger partial charge on any atom is -0.481 e. The molecule has 1 aliphatic rings. The summed E-state index contributed by atoms with van der Waals surface area (Å²) in [5.41, 5.74) is 4.09. The van der Waals surface area contributed by atoms with Crippen LogP contribution in [0.25, 0.3) is 10.9 Å². The van der Waals surface area contributed by atoms with Crippen molar-refractivity contribution >= 4 is 28.6 Å². The third kappa shape index (κ3) is 3.99. The average Bonchev–Trinajstić information content (AvgIpc) is 3.05. The average molecular weight is 373 g/mol. The molecule has 0 radical (unpaired) electrons. The number of aliphatic carboxylic acids is 1. The van der Waals surface area contributed by atoms with E-state index in [2.05, 4.69) is 47.8 Å². The number of aromatic nitrogens is 1. The summed E-state index contributed by atoms with van der Waals surface area (Å²) in [5.74, 6) is 0.852. The SMILES string of the molecule is C=CCN(CC)[C@@H]1Cc2c[nH]c3cccc(c23)[C@H]1CCCSCC(=O)O. The van der Waals surface area contributed by atoms with Gasteiger partial charge in [-0.05, 0) is 48.8 Å². The molecule has 0 fully saturated rings. The fourth-order valence-corrected chi connectivity index (χ4v) is 4.98. The summed E-state index contributed by atoms with van der Waals surface area (Å²) in [6.45, 7) is 8.07. The molecule has 3 rings (SSSR count). The normalized spacial score (nSPS) is 19.2. The molecular weight excluding hydrogens is 344 g/mol. The second-order valence-corrected chi connectivity index (χ2v) is 8.03. The molecule has 0 bridgehead atoms. The first-order chi connectivity index (χ1) is 12.7. The Morgan fingerprint density at radius 1 is 1.50 bits per heavy atom. The number of H-pyrrole nitrogens is 1. The number of nitrogens with zero attached hydrogens (tertiary/aromatic N) is 1. The minimum absolute atomic E-state index is 0.198. The highest BCUT2D eigenvalue weighted by Gasteiger charge is 2.33. The molecule has 1 heterocycles. The van der Waals surface area contributed by atoms with Gasteiger partial charge < -0.3 is 10.1 Å². The number of carboxylic acid groups (broad SMARTS) is 1. The van der Waals surface area contributed by atoms with Gasteiger partial charge in [-0.2, -0.15) is 11.8 Å². The monoisotopic (exact) mass is 372 g/mol.